The number of hydrogen-bond donors (Lipinski definition) is 1. The molecule has 8 heteroatoms. The Balaban J connectivity index is 2.13. The van der Waals surface area contributed by atoms with E-state index in [0.717, 1.165) is 32.0 Å². The van der Waals surface area contributed by atoms with Gasteiger partial charge in [0.25, 0.3) is 0 Å². The number of piperidine rings is 1. The first-order valence-corrected chi connectivity index (χ1v) is 8.20. The van der Waals surface area contributed by atoms with E-state index >= 15 is 0 Å². The van der Waals surface area contributed by atoms with Crippen molar-refractivity contribution in [3.05, 3.63) is 0 Å². The maximum Gasteiger partial charge on any atom is 0.313 e. The van der Waals surface area contributed by atoms with Gasteiger partial charge in [-0.2, -0.15) is 0 Å². The van der Waals surface area contributed by atoms with Gasteiger partial charge < -0.3 is 14.9 Å². The summed E-state index contributed by atoms with van der Waals surface area (Å²) in [6.07, 6.45) is 2.33. The molecule has 0 aliphatic carbocycles. The van der Waals surface area contributed by atoms with Gasteiger partial charge >= 0.3 is 5.97 Å². The van der Waals surface area contributed by atoms with Crippen LogP contribution in [0.2, 0.25) is 0 Å². The Bertz CT molecular complexity index is 491. The lowest BCUT2D eigenvalue weighted by Gasteiger charge is -2.36. The molecule has 2 rings (SSSR count). The van der Waals surface area contributed by atoms with Gasteiger partial charge in [0.1, 0.15) is 0 Å². The average Bonchev–Trinajstić information content (AvgIpc) is 2.88. The molecule has 1 aromatic heterocycles. The van der Waals surface area contributed by atoms with Gasteiger partial charge in [0, 0.05) is 25.7 Å². The molecule has 0 amide bonds. The van der Waals surface area contributed by atoms with Crippen molar-refractivity contribution in [2.24, 2.45) is 0 Å². The third-order valence-electron chi connectivity index (χ3n) is 3.75. The van der Waals surface area contributed by atoms with Crippen molar-refractivity contribution in [3.8, 4) is 0 Å². The van der Waals surface area contributed by atoms with E-state index in [2.05, 4.69) is 34.1 Å². The van der Waals surface area contributed by atoms with E-state index in [4.69, 9.17) is 5.11 Å². The normalized spacial score (nSPS) is 19.2. The monoisotopic (exact) mass is 313 g/mol. The van der Waals surface area contributed by atoms with Gasteiger partial charge in [-0.25, -0.2) is 0 Å². The molecule has 0 aromatic carbocycles. The third-order valence-corrected chi connectivity index (χ3v) is 4.70. The summed E-state index contributed by atoms with van der Waals surface area (Å²) >= 11 is 1.22. The second-order valence-electron chi connectivity index (χ2n) is 5.41. The summed E-state index contributed by atoms with van der Waals surface area (Å²) in [6, 6.07) is 0.524. The van der Waals surface area contributed by atoms with Crippen molar-refractivity contribution >= 4 is 23.7 Å². The fourth-order valence-electron chi connectivity index (χ4n) is 2.58. The van der Waals surface area contributed by atoms with Crippen molar-refractivity contribution in [3.63, 3.8) is 0 Å². The van der Waals surface area contributed by atoms with Crippen LogP contribution in [0.1, 0.15) is 19.8 Å². The smallest absolute Gasteiger partial charge is 0.313 e. The molecule has 1 saturated heterocycles. The Morgan fingerprint density at radius 2 is 2.24 bits per heavy atom. The van der Waals surface area contributed by atoms with Gasteiger partial charge in [-0.05, 0) is 33.9 Å². The fraction of sp³-hybridized carbons (Fsp3) is 0.769. The highest BCUT2D eigenvalue weighted by molar-refractivity contribution is 7.99. The molecule has 0 saturated carbocycles. The molecule has 118 valence electrons. The molecule has 0 spiro atoms. The molecule has 1 atom stereocenters. The molecular formula is C13H23N5O2S. The molecule has 1 aliphatic rings. The number of hydrogen-bond acceptors (Lipinski definition) is 6. The minimum Gasteiger partial charge on any atom is -0.481 e. The number of rotatable bonds is 6. The van der Waals surface area contributed by atoms with E-state index in [1.807, 2.05) is 11.5 Å². The Morgan fingerprint density at radius 1 is 1.48 bits per heavy atom. The molecule has 1 N–H and O–H groups in total. The van der Waals surface area contributed by atoms with Crippen LogP contribution < -0.4 is 4.90 Å². The molecule has 7 nitrogen and oxygen atoms in total. The summed E-state index contributed by atoms with van der Waals surface area (Å²) < 4.78 is 2.01. The molecule has 1 fully saturated rings. The molecule has 0 radical (unpaired) electrons. The van der Waals surface area contributed by atoms with Crippen LogP contribution in [0.25, 0.3) is 0 Å². The van der Waals surface area contributed by atoms with Crippen LogP contribution in [0, 0.1) is 0 Å². The number of aromatic nitrogens is 3. The van der Waals surface area contributed by atoms with Gasteiger partial charge in [-0.3, -0.25) is 9.36 Å². The highest BCUT2D eigenvalue weighted by atomic mass is 32.2. The average molecular weight is 313 g/mol. The van der Waals surface area contributed by atoms with Gasteiger partial charge in [0.05, 0.1) is 5.75 Å². The van der Waals surface area contributed by atoms with E-state index in [1.54, 1.807) is 0 Å². The standard InChI is InChI=1S/C13H23N5O2S/c1-4-18-12(14-15-13(18)21-9-11(19)20)17-7-5-6-10(8-17)16(2)3/h10H,4-9H2,1-3H3,(H,19,20). The predicted octanol–water partition coefficient (Wildman–Crippen LogP) is 1.01. The van der Waals surface area contributed by atoms with Crippen LogP contribution in [-0.2, 0) is 11.3 Å². The summed E-state index contributed by atoms with van der Waals surface area (Å²) in [5.41, 5.74) is 0. The van der Waals surface area contributed by atoms with Crippen molar-refractivity contribution in [2.75, 3.05) is 37.8 Å². The number of likely N-dealkylation sites (N-methyl/N-ethyl adjacent to an activating group) is 1. The van der Waals surface area contributed by atoms with Crippen LogP contribution in [-0.4, -0.2) is 69.7 Å². The SMILES string of the molecule is CCn1c(SCC(=O)O)nnc1N1CCCC(N(C)C)C1. The highest BCUT2D eigenvalue weighted by Gasteiger charge is 2.25. The lowest BCUT2D eigenvalue weighted by Crippen LogP contribution is -2.46. The van der Waals surface area contributed by atoms with E-state index in [0.29, 0.717) is 11.2 Å². The highest BCUT2D eigenvalue weighted by Crippen LogP contribution is 2.25. The van der Waals surface area contributed by atoms with E-state index in [-0.39, 0.29) is 5.75 Å². The minimum atomic E-state index is -0.835. The summed E-state index contributed by atoms with van der Waals surface area (Å²) in [5, 5.41) is 17.9. The van der Waals surface area contributed by atoms with Crippen LogP contribution in [0.15, 0.2) is 5.16 Å². The number of carboxylic acids is 1. The Hall–Kier alpha value is -1.28. The summed E-state index contributed by atoms with van der Waals surface area (Å²) in [6.45, 7) is 4.69. The Morgan fingerprint density at radius 3 is 2.86 bits per heavy atom. The first-order valence-electron chi connectivity index (χ1n) is 7.22. The number of carbonyl (C=O) groups is 1. The fourth-order valence-corrected chi connectivity index (χ4v) is 3.30. The van der Waals surface area contributed by atoms with E-state index in [1.165, 1.54) is 18.2 Å². The van der Waals surface area contributed by atoms with Crippen molar-refractivity contribution in [1.29, 1.82) is 0 Å². The number of carboxylic acid groups (broad SMARTS) is 1. The quantitative estimate of drug-likeness (QED) is 0.785. The zero-order valence-corrected chi connectivity index (χ0v) is 13.6. The maximum absolute atomic E-state index is 10.7. The summed E-state index contributed by atoms with van der Waals surface area (Å²) in [4.78, 5) is 15.2. The van der Waals surface area contributed by atoms with E-state index in [9.17, 15) is 4.79 Å². The van der Waals surface area contributed by atoms with Gasteiger partial charge in [-0.1, -0.05) is 11.8 Å². The van der Waals surface area contributed by atoms with Crippen molar-refractivity contribution in [1.82, 2.24) is 19.7 Å². The van der Waals surface area contributed by atoms with Gasteiger partial charge in [0.2, 0.25) is 5.95 Å². The first kappa shape index (κ1) is 16.1. The van der Waals surface area contributed by atoms with Crippen LogP contribution in [0.5, 0.6) is 0 Å². The lowest BCUT2D eigenvalue weighted by molar-refractivity contribution is -0.133. The van der Waals surface area contributed by atoms with Gasteiger partial charge in [-0.15, -0.1) is 10.2 Å². The zero-order chi connectivity index (χ0) is 15.4. The Kier molecular flexibility index (Phi) is 5.46. The van der Waals surface area contributed by atoms with Crippen LogP contribution in [0.4, 0.5) is 5.95 Å². The number of aliphatic carboxylic acids is 1. The third kappa shape index (κ3) is 3.88. The number of thioether (sulfide) groups is 1. The Labute approximate surface area is 129 Å². The van der Waals surface area contributed by atoms with Crippen molar-refractivity contribution in [2.45, 2.75) is 37.5 Å². The second-order valence-corrected chi connectivity index (χ2v) is 6.36. The molecule has 2 heterocycles. The predicted molar refractivity (Wildman–Crippen MR) is 83.0 cm³/mol. The number of nitrogens with zero attached hydrogens (tertiary/aromatic N) is 5. The molecule has 1 unspecified atom stereocenters. The summed E-state index contributed by atoms with van der Waals surface area (Å²) in [5.74, 6) is 0.0353. The lowest BCUT2D eigenvalue weighted by atomic mass is 10.1. The topological polar surface area (TPSA) is 74.5 Å². The van der Waals surface area contributed by atoms with Crippen LogP contribution in [0.3, 0.4) is 0 Å². The minimum absolute atomic E-state index is 0.0124. The summed E-state index contributed by atoms with van der Waals surface area (Å²) in [7, 11) is 4.21. The molecule has 21 heavy (non-hydrogen) atoms. The maximum atomic E-state index is 10.7. The van der Waals surface area contributed by atoms with Crippen molar-refractivity contribution < 1.29 is 9.90 Å². The molecule has 1 aromatic rings. The van der Waals surface area contributed by atoms with Crippen LogP contribution >= 0.6 is 11.8 Å². The second kappa shape index (κ2) is 7.13. The molecule has 1 aliphatic heterocycles. The zero-order valence-electron chi connectivity index (χ0n) is 12.8. The molecule has 0 bridgehead atoms. The van der Waals surface area contributed by atoms with Gasteiger partial charge in [0.15, 0.2) is 5.16 Å². The first-order chi connectivity index (χ1) is 10.0. The number of anilines is 1. The largest absolute Gasteiger partial charge is 0.481 e. The molecular weight excluding hydrogens is 290 g/mol. The van der Waals surface area contributed by atoms with E-state index < -0.39 is 5.97 Å².